The summed E-state index contributed by atoms with van der Waals surface area (Å²) in [5.74, 6) is 0. The first-order chi connectivity index (χ1) is 3.29. The van der Waals surface area contributed by atoms with E-state index in [2.05, 4.69) is 0 Å². The summed E-state index contributed by atoms with van der Waals surface area (Å²) in [6.07, 6.45) is 0. The molecule has 0 aromatic rings. The quantitative estimate of drug-likeness (QED) is 0.270. The van der Waals surface area contributed by atoms with Gasteiger partial charge < -0.3 is 5.21 Å². The summed E-state index contributed by atoms with van der Waals surface area (Å²) in [6, 6.07) is 0. The zero-order valence-electron chi connectivity index (χ0n) is 3.34. The van der Waals surface area contributed by atoms with E-state index >= 15 is 0 Å². The van der Waals surface area contributed by atoms with E-state index in [0.29, 0.717) is 0 Å². The molecule has 40 valence electrons. The van der Waals surface area contributed by atoms with E-state index in [1.54, 1.807) is 0 Å². The van der Waals surface area contributed by atoms with Gasteiger partial charge in [-0.3, -0.25) is 9.26 Å². The number of carbonyl (C=O) groups excluding carboxylic acids is 1. The second-order valence-electron chi connectivity index (χ2n) is 1.09. The molecule has 5 heteroatoms. The van der Waals surface area contributed by atoms with Crippen molar-refractivity contribution in [2.24, 2.45) is 0 Å². The standard InChI is InChI=1S/C2H3NO2S2/c4-2-1-3(5)7-6-2/h3H,1H2. The van der Waals surface area contributed by atoms with E-state index < -0.39 is 0 Å². The van der Waals surface area contributed by atoms with Crippen molar-refractivity contribution < 1.29 is 9.26 Å². The van der Waals surface area contributed by atoms with Crippen LogP contribution in [0.4, 0.5) is 0 Å². The highest BCUT2D eigenvalue weighted by Crippen LogP contribution is 2.18. The molecule has 1 heterocycles. The second-order valence-corrected chi connectivity index (χ2v) is 3.33. The van der Waals surface area contributed by atoms with Crippen LogP contribution >= 0.6 is 21.8 Å². The summed E-state index contributed by atoms with van der Waals surface area (Å²) in [5.41, 5.74) is 0. The van der Waals surface area contributed by atoms with Gasteiger partial charge in [-0.25, -0.2) is 0 Å². The minimum absolute atomic E-state index is 0.0185. The Hall–Kier alpha value is 0.290. The zero-order chi connectivity index (χ0) is 5.28. The molecule has 1 N–H and O–H groups in total. The molecule has 1 atom stereocenters. The molecule has 1 unspecified atom stereocenters. The van der Waals surface area contributed by atoms with Gasteiger partial charge in [0.15, 0.2) is 17.5 Å². The van der Waals surface area contributed by atoms with Crippen molar-refractivity contribution >= 4 is 26.9 Å². The third-order valence-electron chi connectivity index (χ3n) is 0.516. The van der Waals surface area contributed by atoms with E-state index in [4.69, 9.17) is 0 Å². The van der Waals surface area contributed by atoms with E-state index in [0.717, 1.165) is 21.8 Å². The average Bonchev–Trinajstić information content (AvgIpc) is 1.87. The van der Waals surface area contributed by atoms with Crippen molar-refractivity contribution in [3.05, 3.63) is 5.21 Å². The lowest BCUT2D eigenvalue weighted by atomic mass is 10.8. The zero-order valence-corrected chi connectivity index (χ0v) is 4.97. The lowest BCUT2D eigenvalue weighted by molar-refractivity contribution is -0.678. The van der Waals surface area contributed by atoms with Crippen molar-refractivity contribution in [3.8, 4) is 0 Å². The second kappa shape index (κ2) is 2.04. The summed E-state index contributed by atoms with van der Waals surface area (Å²) < 4.78 is -0.0185. The number of quaternary nitrogens is 1. The van der Waals surface area contributed by atoms with Gasteiger partial charge in [0.25, 0.3) is 5.12 Å². The molecule has 0 radical (unpaired) electrons. The van der Waals surface area contributed by atoms with E-state index in [-0.39, 0.29) is 16.1 Å². The molecule has 3 nitrogen and oxygen atoms in total. The summed E-state index contributed by atoms with van der Waals surface area (Å²) in [5, 5.41) is 10.2. The van der Waals surface area contributed by atoms with Gasteiger partial charge in [-0.2, -0.15) is 0 Å². The minimum atomic E-state index is -0.0185. The molecule has 1 fully saturated rings. The molecular formula is C2H3NO2S2. The molecule has 0 aliphatic carbocycles. The van der Waals surface area contributed by atoms with E-state index in [9.17, 15) is 10.0 Å². The van der Waals surface area contributed by atoms with Gasteiger partial charge in [0.2, 0.25) is 0 Å². The maximum atomic E-state index is 10.2. The SMILES string of the molecule is O=C1C[NH+]([O-])SS1. The number of hydrogen-bond acceptors (Lipinski definition) is 4. The Balaban J connectivity index is 2.40. The maximum absolute atomic E-state index is 10.2. The molecule has 1 saturated heterocycles. The van der Waals surface area contributed by atoms with Gasteiger partial charge in [0.05, 0.1) is 10.8 Å². The normalized spacial score (nSPS) is 31.6. The Morgan fingerprint density at radius 3 is 2.71 bits per heavy atom. The lowest BCUT2D eigenvalue weighted by Gasteiger charge is -2.05. The first-order valence-electron chi connectivity index (χ1n) is 1.69. The molecular weight excluding hydrogens is 134 g/mol. The smallest absolute Gasteiger partial charge is 0.260 e. The van der Waals surface area contributed by atoms with Gasteiger partial charge in [0.1, 0.15) is 0 Å². The van der Waals surface area contributed by atoms with E-state index in [1.807, 2.05) is 0 Å². The van der Waals surface area contributed by atoms with Crippen LogP contribution in [-0.2, 0) is 4.79 Å². The number of hydroxylamine groups is 1. The lowest BCUT2D eigenvalue weighted by Crippen LogP contribution is -2.98. The fraction of sp³-hybridized carbons (Fsp3) is 0.500. The van der Waals surface area contributed by atoms with Crippen LogP contribution < -0.4 is 4.47 Å². The average molecular weight is 137 g/mol. The molecule has 0 saturated carbocycles. The highest BCUT2D eigenvalue weighted by molar-refractivity contribution is 8.80. The van der Waals surface area contributed by atoms with Crippen molar-refractivity contribution in [1.29, 1.82) is 0 Å². The Morgan fingerprint density at radius 1 is 1.86 bits per heavy atom. The largest absolute Gasteiger partial charge is 0.621 e. The molecule has 1 aliphatic rings. The van der Waals surface area contributed by atoms with Crippen LogP contribution in [0.15, 0.2) is 0 Å². The fourth-order valence-corrected chi connectivity index (χ4v) is 1.84. The van der Waals surface area contributed by atoms with Crippen molar-refractivity contribution in [2.45, 2.75) is 0 Å². The van der Waals surface area contributed by atoms with Crippen LogP contribution in [0.5, 0.6) is 0 Å². The van der Waals surface area contributed by atoms with Crippen molar-refractivity contribution in [1.82, 2.24) is 0 Å². The number of nitrogens with one attached hydrogen (secondary N) is 1. The molecule has 0 bridgehead atoms. The van der Waals surface area contributed by atoms with Crippen LogP contribution in [0.2, 0.25) is 0 Å². The molecule has 1 aliphatic heterocycles. The monoisotopic (exact) mass is 137 g/mol. The van der Waals surface area contributed by atoms with Crippen LogP contribution in [-0.4, -0.2) is 11.7 Å². The summed E-state index contributed by atoms with van der Waals surface area (Å²) in [6.45, 7) is 0.120. The molecule has 1 rings (SSSR count). The number of carbonyl (C=O) groups is 1. The van der Waals surface area contributed by atoms with Crippen LogP contribution in [0.3, 0.4) is 0 Å². The Kier molecular flexibility index (Phi) is 1.58. The van der Waals surface area contributed by atoms with Gasteiger partial charge in [-0.15, -0.1) is 0 Å². The predicted molar refractivity (Wildman–Crippen MR) is 29.4 cm³/mol. The third-order valence-corrected chi connectivity index (χ3v) is 2.63. The Morgan fingerprint density at radius 2 is 2.57 bits per heavy atom. The number of hydrogen-bond donors (Lipinski definition) is 1. The van der Waals surface area contributed by atoms with Crippen LogP contribution in [0.25, 0.3) is 0 Å². The summed E-state index contributed by atoms with van der Waals surface area (Å²) in [4.78, 5) is 10.2. The van der Waals surface area contributed by atoms with Crippen molar-refractivity contribution in [3.63, 3.8) is 0 Å². The van der Waals surface area contributed by atoms with Gasteiger partial charge in [-0.05, 0) is 0 Å². The first kappa shape index (κ1) is 5.43. The number of rotatable bonds is 0. The fourth-order valence-electron chi connectivity index (χ4n) is 0.270. The first-order valence-corrected chi connectivity index (χ1v) is 3.84. The Labute approximate surface area is 48.5 Å². The maximum Gasteiger partial charge on any atom is 0.260 e. The van der Waals surface area contributed by atoms with Gasteiger partial charge in [-0.1, -0.05) is 0 Å². The van der Waals surface area contributed by atoms with Gasteiger partial charge >= 0.3 is 0 Å². The summed E-state index contributed by atoms with van der Waals surface area (Å²) in [7, 11) is 2.07. The molecule has 0 amide bonds. The summed E-state index contributed by atoms with van der Waals surface area (Å²) >= 11 is 0. The highest BCUT2D eigenvalue weighted by atomic mass is 33.1. The van der Waals surface area contributed by atoms with Gasteiger partial charge in [0, 0.05) is 0 Å². The molecule has 0 spiro atoms. The minimum Gasteiger partial charge on any atom is -0.621 e. The van der Waals surface area contributed by atoms with Crippen LogP contribution in [0.1, 0.15) is 0 Å². The van der Waals surface area contributed by atoms with Crippen LogP contribution in [0, 0.1) is 5.21 Å². The highest BCUT2D eigenvalue weighted by Gasteiger charge is 2.19. The Bertz CT molecular complexity index is 95.7. The molecule has 0 aromatic carbocycles. The third kappa shape index (κ3) is 1.34. The topological polar surface area (TPSA) is 44.6 Å². The molecule has 7 heavy (non-hydrogen) atoms. The van der Waals surface area contributed by atoms with E-state index in [1.165, 1.54) is 0 Å². The molecule has 0 aromatic heterocycles. The predicted octanol–water partition coefficient (Wildman–Crippen LogP) is -0.794. The van der Waals surface area contributed by atoms with Crippen molar-refractivity contribution in [2.75, 3.05) is 6.54 Å².